The summed E-state index contributed by atoms with van der Waals surface area (Å²) in [6, 6.07) is 7.23. The molecule has 8 nitrogen and oxygen atoms in total. The molecule has 1 fully saturated rings. The summed E-state index contributed by atoms with van der Waals surface area (Å²) in [6.07, 6.45) is 1.54. The van der Waals surface area contributed by atoms with Crippen molar-refractivity contribution >= 4 is 27.4 Å². The summed E-state index contributed by atoms with van der Waals surface area (Å²) in [5, 5.41) is -0.480. The first-order valence-corrected chi connectivity index (χ1v) is 12.0. The molecule has 0 spiro atoms. The molecule has 1 saturated heterocycles. The highest BCUT2D eigenvalue weighted by molar-refractivity contribution is 7.89. The van der Waals surface area contributed by atoms with Gasteiger partial charge in [-0.3, -0.25) is 14.8 Å². The zero-order valence-corrected chi connectivity index (χ0v) is 19.6. The summed E-state index contributed by atoms with van der Waals surface area (Å²) in [7, 11) is -3.33. The topological polar surface area (TPSA) is 99.8 Å². The first kappa shape index (κ1) is 24.1. The third-order valence-electron chi connectivity index (χ3n) is 5.71. The number of piperazine rings is 1. The second-order valence-electron chi connectivity index (χ2n) is 8.35. The van der Waals surface area contributed by atoms with E-state index in [4.69, 9.17) is 5.73 Å². The van der Waals surface area contributed by atoms with E-state index in [1.807, 2.05) is 11.8 Å². The minimum Gasteiger partial charge on any atom is -0.351 e. The van der Waals surface area contributed by atoms with E-state index in [-0.39, 0.29) is 11.7 Å². The van der Waals surface area contributed by atoms with E-state index in [1.54, 1.807) is 45.0 Å². The number of rotatable bonds is 6. The van der Waals surface area contributed by atoms with E-state index in [0.29, 0.717) is 43.1 Å². The lowest BCUT2D eigenvalue weighted by atomic mass is 10.1. The van der Waals surface area contributed by atoms with Gasteiger partial charge in [0.1, 0.15) is 0 Å². The second-order valence-corrected chi connectivity index (χ2v) is 10.8. The number of sulfonamides is 1. The Balaban J connectivity index is 1.84. The number of pyridine rings is 1. The Morgan fingerprint density at radius 3 is 2.62 bits per heavy atom. The second kappa shape index (κ2) is 9.51. The minimum absolute atomic E-state index is 0.0641. The standard InChI is InChI=1S/C22H30FN5O3S/c1-15(2)32(30,31)27-11-10-26(17(4)13-27)14-18-6-5-7-20(21(18)23)28(22(24)29)19-8-9-25-16(3)12-19/h5-9,12,15,17H,10-11,13-14H2,1-4H3,(H2,24,29)/t17-/m0/s1. The monoisotopic (exact) mass is 463 g/mol. The lowest BCUT2D eigenvalue weighted by Crippen LogP contribution is -2.54. The van der Waals surface area contributed by atoms with Crippen molar-refractivity contribution in [3.63, 3.8) is 0 Å². The molecular formula is C22H30FN5O3S. The van der Waals surface area contributed by atoms with Gasteiger partial charge in [0.05, 0.1) is 16.6 Å². The maximum Gasteiger partial charge on any atom is 0.323 e. The number of aromatic nitrogens is 1. The lowest BCUT2D eigenvalue weighted by Gasteiger charge is -2.40. The van der Waals surface area contributed by atoms with Crippen LogP contribution in [0.4, 0.5) is 20.6 Å². The van der Waals surface area contributed by atoms with E-state index in [9.17, 15) is 13.2 Å². The number of hydrogen-bond acceptors (Lipinski definition) is 5. The number of urea groups is 1. The number of hydrogen-bond donors (Lipinski definition) is 1. The molecular weight excluding hydrogens is 433 g/mol. The van der Waals surface area contributed by atoms with Crippen molar-refractivity contribution in [1.29, 1.82) is 0 Å². The smallest absolute Gasteiger partial charge is 0.323 e. The van der Waals surface area contributed by atoms with E-state index >= 15 is 4.39 Å². The first-order chi connectivity index (χ1) is 15.0. The number of nitrogens with zero attached hydrogens (tertiary/aromatic N) is 4. The highest BCUT2D eigenvalue weighted by atomic mass is 32.2. The summed E-state index contributed by atoms with van der Waals surface area (Å²) in [4.78, 5) is 19.5. The first-order valence-electron chi connectivity index (χ1n) is 10.5. The summed E-state index contributed by atoms with van der Waals surface area (Å²) in [5.74, 6) is -0.537. The van der Waals surface area contributed by atoms with Gasteiger partial charge >= 0.3 is 6.03 Å². The predicted octanol–water partition coefficient (Wildman–Crippen LogP) is 2.99. The summed E-state index contributed by atoms with van der Waals surface area (Å²) >= 11 is 0. The third kappa shape index (κ3) is 4.92. The van der Waals surface area contributed by atoms with Crippen LogP contribution in [0.1, 0.15) is 32.0 Å². The molecule has 0 radical (unpaired) electrons. The normalized spacial score (nSPS) is 18.1. The van der Waals surface area contributed by atoms with Crippen molar-refractivity contribution in [2.45, 2.75) is 45.5 Å². The highest BCUT2D eigenvalue weighted by Gasteiger charge is 2.33. The number of anilines is 2. The van der Waals surface area contributed by atoms with Gasteiger partial charge in [0.2, 0.25) is 10.0 Å². The zero-order valence-electron chi connectivity index (χ0n) is 18.8. The van der Waals surface area contributed by atoms with Gasteiger partial charge in [-0.15, -0.1) is 0 Å². The van der Waals surface area contributed by atoms with Gasteiger partial charge in [-0.1, -0.05) is 12.1 Å². The quantitative estimate of drug-likeness (QED) is 0.710. The number of primary amides is 1. The largest absolute Gasteiger partial charge is 0.351 e. The molecule has 2 heterocycles. The molecule has 1 aliphatic rings. The van der Waals surface area contributed by atoms with E-state index in [2.05, 4.69) is 4.98 Å². The predicted molar refractivity (Wildman–Crippen MR) is 123 cm³/mol. The maximum absolute atomic E-state index is 15.5. The molecule has 3 rings (SSSR count). The van der Waals surface area contributed by atoms with E-state index in [0.717, 1.165) is 4.90 Å². The summed E-state index contributed by atoms with van der Waals surface area (Å²) in [5.41, 5.74) is 7.16. The number of aryl methyl sites for hydroxylation is 1. The average Bonchev–Trinajstić information content (AvgIpc) is 2.72. The van der Waals surface area contributed by atoms with E-state index in [1.165, 1.54) is 16.6 Å². The van der Waals surface area contributed by atoms with Gasteiger partial charge in [-0.05, 0) is 45.9 Å². The fourth-order valence-electron chi connectivity index (χ4n) is 3.86. The van der Waals surface area contributed by atoms with Crippen LogP contribution in [0.15, 0.2) is 36.5 Å². The number of carbonyl (C=O) groups is 1. The Bertz CT molecular complexity index is 1090. The molecule has 1 atom stereocenters. The van der Waals surface area contributed by atoms with Crippen LogP contribution in [0.5, 0.6) is 0 Å². The van der Waals surface area contributed by atoms with E-state index < -0.39 is 27.1 Å². The molecule has 1 aromatic carbocycles. The SMILES string of the molecule is Cc1cc(N(C(N)=O)c2cccc(CN3CCN(S(=O)(=O)C(C)C)C[C@@H]3C)c2F)ccn1. The van der Waals surface area contributed by atoms with Crippen molar-refractivity contribution in [2.24, 2.45) is 5.73 Å². The molecule has 2 aromatic rings. The molecule has 0 saturated carbocycles. The average molecular weight is 464 g/mol. The molecule has 2 amide bonds. The Kier molecular flexibility index (Phi) is 7.16. The van der Waals surface area contributed by atoms with Crippen LogP contribution in [-0.2, 0) is 16.6 Å². The van der Waals surface area contributed by atoms with Crippen molar-refractivity contribution in [3.05, 3.63) is 53.6 Å². The molecule has 0 unspecified atom stereocenters. The van der Waals surface area contributed by atoms with Crippen LogP contribution in [0.25, 0.3) is 0 Å². The van der Waals surface area contributed by atoms with Crippen LogP contribution < -0.4 is 10.6 Å². The molecule has 0 bridgehead atoms. The molecule has 0 aliphatic carbocycles. The molecule has 1 aliphatic heterocycles. The molecule has 10 heteroatoms. The van der Waals surface area contributed by atoms with Gasteiger partial charge in [0.25, 0.3) is 0 Å². The number of carbonyl (C=O) groups excluding carboxylic acids is 1. The molecule has 1 aromatic heterocycles. The summed E-state index contributed by atoms with van der Waals surface area (Å²) < 4.78 is 42.0. The van der Waals surface area contributed by atoms with Crippen LogP contribution >= 0.6 is 0 Å². The lowest BCUT2D eigenvalue weighted by molar-refractivity contribution is 0.120. The number of halogens is 1. The Hall–Kier alpha value is -2.56. The van der Waals surface area contributed by atoms with Gasteiger partial charge < -0.3 is 5.73 Å². The van der Waals surface area contributed by atoms with Crippen molar-refractivity contribution in [3.8, 4) is 0 Å². The maximum atomic E-state index is 15.5. The highest BCUT2D eigenvalue weighted by Crippen LogP contribution is 2.30. The molecule has 174 valence electrons. The Labute approximate surface area is 188 Å². The Morgan fingerprint density at radius 2 is 2.03 bits per heavy atom. The van der Waals surface area contributed by atoms with Gasteiger partial charge in [-0.25, -0.2) is 17.6 Å². The van der Waals surface area contributed by atoms with Gasteiger partial charge in [0.15, 0.2) is 5.82 Å². The van der Waals surface area contributed by atoms with Crippen LogP contribution in [0, 0.1) is 12.7 Å². The van der Waals surface area contributed by atoms with Crippen LogP contribution in [0.3, 0.4) is 0 Å². The number of amides is 2. The number of nitrogens with two attached hydrogens (primary N) is 1. The Morgan fingerprint density at radius 1 is 1.31 bits per heavy atom. The third-order valence-corrected chi connectivity index (χ3v) is 7.96. The molecule has 32 heavy (non-hydrogen) atoms. The fraction of sp³-hybridized carbons (Fsp3) is 0.455. The molecule has 2 N–H and O–H groups in total. The van der Waals surface area contributed by atoms with Crippen molar-refractivity contribution in [2.75, 3.05) is 24.5 Å². The van der Waals surface area contributed by atoms with Crippen molar-refractivity contribution in [1.82, 2.24) is 14.2 Å². The van der Waals surface area contributed by atoms with Gasteiger partial charge in [-0.2, -0.15) is 4.31 Å². The zero-order chi connectivity index (χ0) is 23.6. The minimum atomic E-state index is -3.33. The summed E-state index contributed by atoms with van der Waals surface area (Å²) in [6.45, 7) is 8.53. The van der Waals surface area contributed by atoms with Crippen LogP contribution in [-0.4, -0.2) is 59.6 Å². The number of benzene rings is 1. The van der Waals surface area contributed by atoms with Gasteiger partial charge in [0, 0.05) is 49.7 Å². The van der Waals surface area contributed by atoms with Crippen LogP contribution in [0.2, 0.25) is 0 Å². The van der Waals surface area contributed by atoms with Crippen molar-refractivity contribution < 1.29 is 17.6 Å². The fourth-order valence-corrected chi connectivity index (χ4v) is 5.22.